The number of aromatic amines is 1. The Hall–Kier alpha value is -4.27. The van der Waals surface area contributed by atoms with Gasteiger partial charge in [-0.3, -0.25) is 0 Å². The second kappa shape index (κ2) is 9.77. The number of hydrogen-bond acceptors (Lipinski definition) is 3. The molecule has 0 aliphatic heterocycles. The molecule has 36 heavy (non-hydrogen) atoms. The summed E-state index contributed by atoms with van der Waals surface area (Å²) in [6.45, 7) is 6.63. The summed E-state index contributed by atoms with van der Waals surface area (Å²) < 4.78 is 8.10. The topological polar surface area (TPSA) is 66.6 Å². The maximum Gasteiger partial charge on any atom is 0.149 e. The molecule has 2 aromatic heterocycles. The molecule has 0 fully saturated rings. The van der Waals surface area contributed by atoms with Gasteiger partial charge in [0.15, 0.2) is 0 Å². The third kappa shape index (κ3) is 4.77. The van der Waals surface area contributed by atoms with Gasteiger partial charge in [0.2, 0.25) is 0 Å². The molecule has 0 amide bonds. The molecule has 0 saturated heterocycles. The molecule has 0 saturated carbocycles. The van der Waals surface area contributed by atoms with Crippen molar-refractivity contribution in [3.05, 3.63) is 112 Å². The first-order chi connectivity index (χ1) is 17.4. The summed E-state index contributed by atoms with van der Waals surface area (Å²) >= 11 is 5.95. The van der Waals surface area contributed by atoms with Gasteiger partial charge in [0.05, 0.1) is 16.6 Å². The Morgan fingerprint density at radius 1 is 1.03 bits per heavy atom. The van der Waals surface area contributed by atoms with Crippen LogP contribution >= 0.6 is 11.6 Å². The number of aromatic nitrogens is 3. The highest BCUT2D eigenvalue weighted by atomic mass is 35.5. The van der Waals surface area contributed by atoms with Crippen LogP contribution in [-0.2, 0) is 6.61 Å². The fourth-order valence-corrected chi connectivity index (χ4v) is 4.46. The third-order valence-corrected chi connectivity index (χ3v) is 6.45. The van der Waals surface area contributed by atoms with Crippen molar-refractivity contribution in [2.24, 2.45) is 0 Å². The SMILES string of the molecule is Cc1ccc2nc(/C(C#N)=C\c3cc(C)n(-c4ccc(OCc5ccc(Cl)cc5)cc4)c3C)[nH]c2c1. The van der Waals surface area contributed by atoms with E-state index in [1.54, 1.807) is 0 Å². The van der Waals surface area contributed by atoms with Crippen LogP contribution < -0.4 is 4.74 Å². The lowest BCUT2D eigenvalue weighted by Crippen LogP contribution is -2.00. The largest absolute Gasteiger partial charge is 0.489 e. The van der Waals surface area contributed by atoms with E-state index in [-0.39, 0.29) is 0 Å². The molecule has 0 bridgehead atoms. The van der Waals surface area contributed by atoms with Crippen molar-refractivity contribution in [3.63, 3.8) is 0 Å². The van der Waals surface area contributed by atoms with Crippen LogP contribution in [0.4, 0.5) is 0 Å². The summed E-state index contributed by atoms with van der Waals surface area (Å²) in [5.74, 6) is 1.37. The number of allylic oxidation sites excluding steroid dienone is 1. The Morgan fingerprint density at radius 2 is 1.78 bits per heavy atom. The van der Waals surface area contributed by atoms with E-state index in [1.807, 2.05) is 79.7 Å². The number of fused-ring (bicyclic) bond motifs is 1. The van der Waals surface area contributed by atoms with E-state index in [9.17, 15) is 5.26 Å². The molecule has 0 spiro atoms. The molecule has 5 aromatic rings. The molecule has 0 atom stereocenters. The van der Waals surface area contributed by atoms with Crippen molar-refractivity contribution >= 4 is 34.3 Å². The van der Waals surface area contributed by atoms with Crippen molar-refractivity contribution in [1.29, 1.82) is 5.26 Å². The lowest BCUT2D eigenvalue weighted by molar-refractivity contribution is 0.306. The van der Waals surface area contributed by atoms with Crippen LogP contribution in [0.1, 0.15) is 33.9 Å². The van der Waals surface area contributed by atoms with Crippen molar-refractivity contribution in [2.75, 3.05) is 0 Å². The molecule has 2 heterocycles. The molecule has 0 aliphatic rings. The van der Waals surface area contributed by atoms with Gasteiger partial charge in [0.25, 0.3) is 0 Å². The Morgan fingerprint density at radius 3 is 2.50 bits per heavy atom. The Bertz CT molecular complexity index is 1620. The smallest absolute Gasteiger partial charge is 0.149 e. The van der Waals surface area contributed by atoms with E-state index in [2.05, 4.69) is 40.5 Å². The fourth-order valence-electron chi connectivity index (χ4n) is 4.33. The zero-order valence-corrected chi connectivity index (χ0v) is 21.1. The van der Waals surface area contributed by atoms with Crippen molar-refractivity contribution in [2.45, 2.75) is 27.4 Å². The maximum atomic E-state index is 9.88. The number of ether oxygens (including phenoxy) is 1. The highest BCUT2D eigenvalue weighted by Crippen LogP contribution is 2.27. The van der Waals surface area contributed by atoms with Crippen LogP contribution in [0, 0.1) is 32.1 Å². The van der Waals surface area contributed by atoms with Gasteiger partial charge in [-0.25, -0.2) is 4.98 Å². The van der Waals surface area contributed by atoms with Crippen LogP contribution in [-0.4, -0.2) is 14.5 Å². The molecule has 5 nitrogen and oxygen atoms in total. The van der Waals surface area contributed by atoms with Crippen LogP contribution in [0.2, 0.25) is 5.02 Å². The molecule has 0 radical (unpaired) electrons. The van der Waals surface area contributed by atoms with Crippen molar-refractivity contribution in [1.82, 2.24) is 14.5 Å². The third-order valence-electron chi connectivity index (χ3n) is 6.20. The van der Waals surface area contributed by atoms with E-state index < -0.39 is 0 Å². The van der Waals surface area contributed by atoms with Crippen molar-refractivity contribution in [3.8, 4) is 17.5 Å². The molecule has 178 valence electrons. The standard InChI is InChI=1S/C30H25ClN4O/c1-19-4-13-28-29(14-19)34-30(33-28)24(17-32)16-23-15-20(2)35(21(23)3)26-9-11-27(12-10-26)36-18-22-5-7-25(31)8-6-22/h4-16H,18H2,1-3H3,(H,33,34)/b24-16-. The summed E-state index contributed by atoms with van der Waals surface area (Å²) in [6, 6.07) is 26.1. The van der Waals surface area contributed by atoms with E-state index in [1.165, 1.54) is 0 Å². The Balaban J connectivity index is 1.39. The minimum Gasteiger partial charge on any atom is -0.489 e. The number of aryl methyl sites for hydroxylation is 2. The van der Waals surface area contributed by atoms with Crippen LogP contribution in [0.15, 0.2) is 72.8 Å². The minimum atomic E-state index is 0.478. The molecule has 5 rings (SSSR count). The first-order valence-corrected chi connectivity index (χ1v) is 12.0. The van der Waals surface area contributed by atoms with Crippen LogP contribution in [0.25, 0.3) is 28.4 Å². The lowest BCUT2D eigenvalue weighted by Gasteiger charge is -2.11. The predicted octanol–water partition coefficient (Wildman–Crippen LogP) is 7.58. The molecule has 3 aromatic carbocycles. The molecule has 0 aliphatic carbocycles. The van der Waals surface area contributed by atoms with Crippen LogP contribution in [0.3, 0.4) is 0 Å². The number of halogens is 1. The Kier molecular flexibility index (Phi) is 6.37. The number of nitrogens with zero attached hydrogens (tertiary/aromatic N) is 3. The predicted molar refractivity (Wildman–Crippen MR) is 145 cm³/mol. The van der Waals surface area contributed by atoms with Gasteiger partial charge in [-0.05, 0) is 98.1 Å². The summed E-state index contributed by atoms with van der Waals surface area (Å²) in [7, 11) is 0. The number of imidazole rings is 1. The number of hydrogen-bond donors (Lipinski definition) is 1. The molecule has 6 heteroatoms. The zero-order chi connectivity index (χ0) is 25.2. The number of benzene rings is 3. The van der Waals surface area contributed by atoms with E-state index >= 15 is 0 Å². The van der Waals surface area contributed by atoms with Gasteiger partial charge in [-0.2, -0.15) is 5.26 Å². The van der Waals surface area contributed by atoms with E-state index in [0.29, 0.717) is 23.0 Å². The summed E-state index contributed by atoms with van der Waals surface area (Å²) in [4.78, 5) is 7.90. The molecular weight excluding hydrogens is 468 g/mol. The molecule has 0 unspecified atom stereocenters. The minimum absolute atomic E-state index is 0.478. The summed E-state index contributed by atoms with van der Waals surface area (Å²) in [5, 5.41) is 10.6. The van der Waals surface area contributed by atoms with Gasteiger partial charge < -0.3 is 14.3 Å². The van der Waals surface area contributed by atoms with Crippen LogP contribution in [0.5, 0.6) is 5.75 Å². The number of rotatable bonds is 6. The van der Waals surface area contributed by atoms with Gasteiger partial charge in [-0.15, -0.1) is 0 Å². The average molecular weight is 493 g/mol. The normalized spacial score (nSPS) is 11.6. The van der Waals surface area contributed by atoms with Crippen molar-refractivity contribution < 1.29 is 4.74 Å². The number of nitrogens with one attached hydrogen (secondary N) is 1. The summed E-state index contributed by atoms with van der Waals surface area (Å²) in [5.41, 5.74) is 8.60. The zero-order valence-electron chi connectivity index (χ0n) is 20.3. The maximum absolute atomic E-state index is 9.88. The highest BCUT2D eigenvalue weighted by Gasteiger charge is 2.13. The Labute approximate surface area is 215 Å². The monoisotopic (exact) mass is 492 g/mol. The van der Waals surface area contributed by atoms with Gasteiger partial charge in [0, 0.05) is 22.1 Å². The van der Waals surface area contributed by atoms with E-state index in [4.69, 9.17) is 16.3 Å². The van der Waals surface area contributed by atoms with E-state index in [0.717, 1.165) is 50.5 Å². The second-order valence-electron chi connectivity index (χ2n) is 8.85. The van der Waals surface area contributed by atoms with Gasteiger partial charge in [-0.1, -0.05) is 29.8 Å². The fraction of sp³-hybridized carbons (Fsp3) is 0.133. The van der Waals surface area contributed by atoms with Gasteiger partial charge in [0.1, 0.15) is 24.3 Å². The summed E-state index contributed by atoms with van der Waals surface area (Å²) in [6.07, 6.45) is 1.90. The number of nitriles is 1. The lowest BCUT2D eigenvalue weighted by atomic mass is 10.1. The first-order valence-electron chi connectivity index (χ1n) is 11.7. The van der Waals surface area contributed by atoms with Gasteiger partial charge >= 0.3 is 0 Å². The second-order valence-corrected chi connectivity index (χ2v) is 9.28. The molecular formula is C30H25ClN4O. The highest BCUT2D eigenvalue weighted by molar-refractivity contribution is 6.30. The quantitative estimate of drug-likeness (QED) is 0.248. The average Bonchev–Trinajstić information content (AvgIpc) is 3.41. The first kappa shape index (κ1) is 23.5. The number of H-pyrrole nitrogens is 1. The molecule has 1 N–H and O–H groups in total.